The highest BCUT2D eigenvalue weighted by Crippen LogP contribution is 2.33. The van der Waals surface area contributed by atoms with Crippen LogP contribution in [0, 0.1) is 0 Å². The average Bonchev–Trinajstić information content (AvgIpc) is 3.46. The molecule has 0 N–H and O–H groups in total. The second-order valence-electron chi connectivity index (χ2n) is 7.27. The maximum Gasteiger partial charge on any atom is 0.257 e. The minimum atomic E-state index is 0.137. The second-order valence-corrected chi connectivity index (χ2v) is 8.21. The third-order valence-electron chi connectivity index (χ3n) is 5.39. The van der Waals surface area contributed by atoms with Crippen LogP contribution in [0.4, 0.5) is 0 Å². The van der Waals surface area contributed by atoms with E-state index < -0.39 is 0 Å². The van der Waals surface area contributed by atoms with Crippen molar-refractivity contribution in [3.8, 4) is 16.5 Å². The summed E-state index contributed by atoms with van der Waals surface area (Å²) in [6, 6.07) is 14.3. The van der Waals surface area contributed by atoms with E-state index >= 15 is 0 Å². The Labute approximate surface area is 173 Å². The summed E-state index contributed by atoms with van der Waals surface area (Å²) in [4.78, 5) is 8.28. The summed E-state index contributed by atoms with van der Waals surface area (Å²) in [6.45, 7) is 1.77. The third kappa shape index (κ3) is 3.75. The zero-order chi connectivity index (χ0) is 19.6. The van der Waals surface area contributed by atoms with Gasteiger partial charge in [0, 0.05) is 11.9 Å². The van der Waals surface area contributed by atoms with Crippen molar-refractivity contribution in [3.63, 3.8) is 0 Å². The highest BCUT2D eigenvalue weighted by molar-refractivity contribution is 7.13. The lowest BCUT2D eigenvalue weighted by molar-refractivity contribution is 0.117. The number of piperidine rings is 1. The number of benzene rings is 1. The van der Waals surface area contributed by atoms with Crippen molar-refractivity contribution in [1.82, 2.24) is 20.1 Å². The molecule has 5 rings (SSSR count). The number of aromatic nitrogens is 3. The monoisotopic (exact) mass is 406 g/mol. The molecule has 0 radical (unpaired) electrons. The number of likely N-dealkylation sites (tertiary alicyclic amines) is 1. The van der Waals surface area contributed by atoms with Crippen LogP contribution in [0.5, 0.6) is 5.75 Å². The number of hydrogen-bond donors (Lipinski definition) is 0. The van der Waals surface area contributed by atoms with Gasteiger partial charge in [-0.25, -0.2) is 0 Å². The number of methoxy groups -OCH3 is 1. The Balaban J connectivity index is 1.38. The van der Waals surface area contributed by atoms with Crippen molar-refractivity contribution in [2.75, 3.05) is 13.7 Å². The molecule has 1 atom stereocenters. The molecule has 0 aliphatic carbocycles. The summed E-state index contributed by atoms with van der Waals surface area (Å²) >= 11 is 1.61. The molecule has 1 aliphatic rings. The fraction of sp³-hybridized carbons (Fsp3) is 0.318. The van der Waals surface area contributed by atoms with Crippen molar-refractivity contribution in [3.05, 3.63) is 59.4 Å². The first kappa shape index (κ1) is 18.3. The minimum Gasteiger partial charge on any atom is -0.497 e. The maximum absolute atomic E-state index is 6.04. The Morgan fingerprint density at radius 2 is 2.14 bits per heavy atom. The zero-order valence-corrected chi connectivity index (χ0v) is 17.1. The molecule has 1 fully saturated rings. The quantitative estimate of drug-likeness (QED) is 0.460. The Hall–Kier alpha value is -2.77. The molecule has 0 spiro atoms. The summed E-state index contributed by atoms with van der Waals surface area (Å²) in [6.07, 6.45) is 3.37. The van der Waals surface area contributed by atoms with Crippen molar-refractivity contribution >= 4 is 22.2 Å². The van der Waals surface area contributed by atoms with Gasteiger partial charge in [0.25, 0.3) is 5.89 Å². The molecule has 148 valence electrons. The molecule has 4 aromatic rings. The van der Waals surface area contributed by atoms with E-state index in [4.69, 9.17) is 14.1 Å². The summed E-state index contributed by atoms with van der Waals surface area (Å²) in [5.74, 6) is 2.16. The lowest BCUT2D eigenvalue weighted by Gasteiger charge is -2.33. The molecular formula is C22H22N4O2S. The molecule has 0 bridgehead atoms. The van der Waals surface area contributed by atoms with Gasteiger partial charge in [0.05, 0.1) is 29.2 Å². The van der Waals surface area contributed by atoms with Crippen LogP contribution >= 0.6 is 11.3 Å². The van der Waals surface area contributed by atoms with Gasteiger partial charge in [-0.2, -0.15) is 0 Å². The number of nitrogens with zero attached hydrogens (tertiary/aromatic N) is 4. The van der Waals surface area contributed by atoms with Gasteiger partial charge >= 0.3 is 0 Å². The molecule has 0 amide bonds. The first-order valence-corrected chi connectivity index (χ1v) is 10.7. The molecule has 7 heteroatoms. The van der Waals surface area contributed by atoms with Crippen LogP contribution in [0.3, 0.4) is 0 Å². The highest BCUT2D eigenvalue weighted by atomic mass is 32.1. The molecule has 4 heterocycles. The zero-order valence-electron chi connectivity index (χ0n) is 16.2. The first-order valence-electron chi connectivity index (χ1n) is 9.85. The fourth-order valence-corrected chi connectivity index (χ4v) is 4.54. The number of rotatable bonds is 5. The van der Waals surface area contributed by atoms with E-state index in [1.807, 2.05) is 35.7 Å². The molecule has 0 saturated carbocycles. The maximum atomic E-state index is 6.04. The van der Waals surface area contributed by atoms with E-state index in [9.17, 15) is 0 Å². The number of pyridine rings is 1. The summed E-state index contributed by atoms with van der Waals surface area (Å²) in [7, 11) is 1.68. The summed E-state index contributed by atoms with van der Waals surface area (Å²) in [5, 5.41) is 11.7. The van der Waals surface area contributed by atoms with Crippen molar-refractivity contribution < 1.29 is 9.15 Å². The SMILES string of the molecule is COc1ccc2nc(CN3CCCCC3c3nnc(-c4cccs4)o3)ccc2c1. The Morgan fingerprint density at radius 1 is 1.17 bits per heavy atom. The fourth-order valence-electron chi connectivity index (χ4n) is 3.90. The van der Waals surface area contributed by atoms with Gasteiger partial charge in [-0.05, 0) is 55.1 Å². The Morgan fingerprint density at radius 3 is 3.00 bits per heavy atom. The van der Waals surface area contributed by atoms with Crippen molar-refractivity contribution in [1.29, 1.82) is 0 Å². The molecule has 1 aliphatic heterocycles. The van der Waals surface area contributed by atoms with Crippen LogP contribution in [0.25, 0.3) is 21.7 Å². The molecule has 1 saturated heterocycles. The largest absolute Gasteiger partial charge is 0.497 e. The van der Waals surface area contributed by atoms with E-state index in [0.717, 1.165) is 46.7 Å². The molecule has 1 aromatic carbocycles. The van der Waals surface area contributed by atoms with Gasteiger partial charge in [0.1, 0.15) is 5.75 Å². The van der Waals surface area contributed by atoms with Gasteiger partial charge in [-0.3, -0.25) is 9.88 Å². The number of hydrogen-bond acceptors (Lipinski definition) is 7. The predicted octanol–water partition coefficient (Wildman–Crippen LogP) is 5.08. The van der Waals surface area contributed by atoms with Crippen LogP contribution < -0.4 is 4.74 Å². The summed E-state index contributed by atoms with van der Waals surface area (Å²) < 4.78 is 11.4. The molecule has 1 unspecified atom stereocenters. The van der Waals surface area contributed by atoms with Crippen LogP contribution in [0.1, 0.15) is 36.9 Å². The minimum absolute atomic E-state index is 0.137. The van der Waals surface area contributed by atoms with Gasteiger partial charge < -0.3 is 9.15 Å². The second kappa shape index (κ2) is 7.93. The van der Waals surface area contributed by atoms with Crippen LogP contribution in [0.15, 0.2) is 52.3 Å². The first-order chi connectivity index (χ1) is 14.3. The van der Waals surface area contributed by atoms with E-state index in [1.165, 1.54) is 12.8 Å². The molecule has 29 heavy (non-hydrogen) atoms. The normalized spacial score (nSPS) is 17.6. The van der Waals surface area contributed by atoms with Gasteiger partial charge in [0.2, 0.25) is 5.89 Å². The average molecular weight is 407 g/mol. The number of thiophene rings is 1. The topological polar surface area (TPSA) is 64.3 Å². The van der Waals surface area contributed by atoms with Crippen LogP contribution in [-0.2, 0) is 6.54 Å². The van der Waals surface area contributed by atoms with Crippen molar-refractivity contribution in [2.45, 2.75) is 31.8 Å². The van der Waals surface area contributed by atoms with E-state index in [1.54, 1.807) is 18.4 Å². The number of fused-ring (bicyclic) bond motifs is 1. The standard InChI is InChI=1S/C22H22N4O2S/c1-27-17-9-10-18-15(13-17)7-8-16(23-18)14-26-11-3-2-5-19(26)21-24-25-22(28-21)20-6-4-12-29-20/h4,6-10,12-13,19H,2-3,5,11,14H2,1H3. The number of ether oxygens (including phenoxy) is 1. The lowest BCUT2D eigenvalue weighted by Crippen LogP contribution is -2.33. The predicted molar refractivity (Wildman–Crippen MR) is 113 cm³/mol. The molecular weight excluding hydrogens is 384 g/mol. The summed E-state index contributed by atoms with van der Waals surface area (Å²) in [5.41, 5.74) is 2.03. The Bertz CT molecular complexity index is 1110. The van der Waals surface area contributed by atoms with Gasteiger partial charge in [-0.15, -0.1) is 21.5 Å². The third-order valence-corrected chi connectivity index (χ3v) is 6.25. The van der Waals surface area contributed by atoms with Crippen LogP contribution in [-0.4, -0.2) is 33.7 Å². The van der Waals surface area contributed by atoms with E-state index in [-0.39, 0.29) is 6.04 Å². The smallest absolute Gasteiger partial charge is 0.257 e. The Kier molecular flexibility index (Phi) is 4.99. The molecule has 3 aromatic heterocycles. The lowest BCUT2D eigenvalue weighted by atomic mass is 10.0. The van der Waals surface area contributed by atoms with Gasteiger partial charge in [-0.1, -0.05) is 18.6 Å². The van der Waals surface area contributed by atoms with E-state index in [2.05, 4.69) is 27.2 Å². The van der Waals surface area contributed by atoms with E-state index in [0.29, 0.717) is 11.8 Å². The van der Waals surface area contributed by atoms with Gasteiger partial charge in [0.15, 0.2) is 0 Å². The van der Waals surface area contributed by atoms with Crippen molar-refractivity contribution in [2.24, 2.45) is 0 Å². The van der Waals surface area contributed by atoms with Crippen LogP contribution in [0.2, 0.25) is 0 Å². The highest BCUT2D eigenvalue weighted by Gasteiger charge is 2.29. The molecule has 6 nitrogen and oxygen atoms in total.